The first-order valence-corrected chi connectivity index (χ1v) is 6.24. The van der Waals surface area contributed by atoms with Crippen molar-refractivity contribution >= 4 is 34.6 Å². The van der Waals surface area contributed by atoms with Crippen molar-refractivity contribution in [2.75, 3.05) is 5.75 Å². The van der Waals surface area contributed by atoms with E-state index in [9.17, 15) is 9.90 Å². The van der Waals surface area contributed by atoms with Crippen LogP contribution in [0.1, 0.15) is 18.9 Å². The lowest BCUT2D eigenvalue weighted by molar-refractivity contribution is -0.109. The summed E-state index contributed by atoms with van der Waals surface area (Å²) in [5, 5.41) is 10.2. The smallest absolute Gasteiger partial charge is 0.185 e. The first-order chi connectivity index (χ1) is 7.59. The molecular weight excluding hydrogens is 244 g/mol. The molecule has 2 nitrogen and oxygen atoms in total. The molecule has 0 aromatic heterocycles. The van der Waals surface area contributed by atoms with E-state index in [1.807, 2.05) is 12.2 Å². The fourth-order valence-electron chi connectivity index (χ4n) is 1.14. The highest BCUT2D eigenvalue weighted by Crippen LogP contribution is 2.22. The van der Waals surface area contributed by atoms with Crippen LogP contribution >= 0.6 is 23.4 Å². The molecule has 0 aliphatic rings. The molecule has 0 radical (unpaired) electrons. The summed E-state index contributed by atoms with van der Waals surface area (Å²) in [4.78, 5) is 10.7. The molecule has 1 rings (SSSR count). The number of allylic oxidation sites excluding steroid dienone is 1. The quantitative estimate of drug-likeness (QED) is 0.834. The third-order valence-electron chi connectivity index (χ3n) is 1.88. The van der Waals surface area contributed by atoms with E-state index < -0.39 is 0 Å². The van der Waals surface area contributed by atoms with Crippen LogP contribution in [0.15, 0.2) is 24.3 Å². The number of hydrogen-bond donors (Lipinski definition) is 1. The molecule has 0 saturated heterocycles. The number of carbonyl (C=O) groups excluding carboxylic acids is 1. The fourth-order valence-corrected chi connectivity index (χ4v) is 1.86. The number of halogens is 1. The second kappa shape index (κ2) is 6.61. The van der Waals surface area contributed by atoms with E-state index in [4.69, 9.17) is 11.6 Å². The van der Waals surface area contributed by atoms with E-state index in [2.05, 4.69) is 0 Å². The summed E-state index contributed by atoms with van der Waals surface area (Å²) in [5.41, 5.74) is 0.695. The molecule has 4 heteroatoms. The van der Waals surface area contributed by atoms with Crippen LogP contribution in [0.3, 0.4) is 0 Å². The van der Waals surface area contributed by atoms with E-state index >= 15 is 0 Å². The molecule has 1 aromatic rings. The molecule has 0 atom stereocenters. The van der Waals surface area contributed by atoms with Gasteiger partial charge in [0.15, 0.2) is 5.12 Å². The predicted octanol–water partition coefficient (Wildman–Crippen LogP) is 3.73. The first kappa shape index (κ1) is 13.1. The van der Waals surface area contributed by atoms with Gasteiger partial charge in [-0.25, -0.2) is 0 Å². The van der Waals surface area contributed by atoms with Gasteiger partial charge in [0.2, 0.25) is 0 Å². The second-order valence-corrected chi connectivity index (χ2v) is 4.94. The standard InChI is InChI=1S/C12H13ClO2S/c1-9(14)16-7-3-2-4-10-8-11(13)5-6-12(10)15/h2,4-6,8,15H,3,7H2,1H3. The van der Waals surface area contributed by atoms with Gasteiger partial charge in [0.05, 0.1) is 0 Å². The number of benzene rings is 1. The summed E-state index contributed by atoms with van der Waals surface area (Å²) in [6, 6.07) is 4.90. The molecule has 1 aromatic carbocycles. The zero-order valence-corrected chi connectivity index (χ0v) is 10.5. The fraction of sp³-hybridized carbons (Fsp3) is 0.250. The highest BCUT2D eigenvalue weighted by molar-refractivity contribution is 8.13. The summed E-state index contributed by atoms with van der Waals surface area (Å²) < 4.78 is 0. The first-order valence-electron chi connectivity index (χ1n) is 4.88. The molecule has 86 valence electrons. The minimum Gasteiger partial charge on any atom is -0.507 e. The van der Waals surface area contributed by atoms with Crippen molar-refractivity contribution in [3.05, 3.63) is 34.9 Å². The summed E-state index contributed by atoms with van der Waals surface area (Å²) in [6.45, 7) is 1.55. The van der Waals surface area contributed by atoms with Crippen LogP contribution < -0.4 is 0 Å². The Labute approximate surface area is 104 Å². The van der Waals surface area contributed by atoms with Gasteiger partial charge < -0.3 is 5.11 Å². The third-order valence-corrected chi connectivity index (χ3v) is 2.96. The predicted molar refractivity (Wildman–Crippen MR) is 69.9 cm³/mol. The van der Waals surface area contributed by atoms with Crippen LogP contribution in [0.4, 0.5) is 0 Å². The Kier molecular flexibility index (Phi) is 5.43. The molecular formula is C12H13ClO2S. The lowest BCUT2D eigenvalue weighted by Crippen LogP contribution is -1.83. The van der Waals surface area contributed by atoms with Crippen LogP contribution in [-0.2, 0) is 4.79 Å². The van der Waals surface area contributed by atoms with Crippen LogP contribution in [0, 0.1) is 0 Å². The van der Waals surface area contributed by atoms with Gasteiger partial charge in [-0.1, -0.05) is 35.5 Å². The van der Waals surface area contributed by atoms with Crippen molar-refractivity contribution < 1.29 is 9.90 Å². The Morgan fingerprint density at radius 1 is 1.56 bits per heavy atom. The van der Waals surface area contributed by atoms with Gasteiger partial charge in [0.25, 0.3) is 0 Å². The van der Waals surface area contributed by atoms with Crippen molar-refractivity contribution in [2.45, 2.75) is 13.3 Å². The molecule has 0 amide bonds. The molecule has 0 aliphatic carbocycles. The largest absolute Gasteiger partial charge is 0.507 e. The number of phenols is 1. The maximum absolute atomic E-state index is 10.7. The van der Waals surface area contributed by atoms with Crippen molar-refractivity contribution in [2.24, 2.45) is 0 Å². The summed E-state index contributed by atoms with van der Waals surface area (Å²) in [7, 11) is 0. The molecule has 16 heavy (non-hydrogen) atoms. The number of rotatable bonds is 4. The molecule has 1 N–H and O–H groups in total. The van der Waals surface area contributed by atoms with Gasteiger partial charge in [0, 0.05) is 23.3 Å². The van der Waals surface area contributed by atoms with Gasteiger partial charge in [-0.3, -0.25) is 4.79 Å². The van der Waals surface area contributed by atoms with Gasteiger partial charge in [-0.05, 0) is 24.6 Å². The van der Waals surface area contributed by atoms with Crippen molar-refractivity contribution in [3.63, 3.8) is 0 Å². The maximum Gasteiger partial charge on any atom is 0.185 e. The number of phenolic OH excluding ortho intramolecular Hbond substituents is 1. The van der Waals surface area contributed by atoms with Gasteiger partial charge in [-0.2, -0.15) is 0 Å². The van der Waals surface area contributed by atoms with Crippen LogP contribution in [0.25, 0.3) is 6.08 Å². The third kappa shape index (κ3) is 4.73. The van der Waals surface area contributed by atoms with E-state index in [1.165, 1.54) is 11.8 Å². The SMILES string of the molecule is CC(=O)SCCC=Cc1cc(Cl)ccc1O. The average molecular weight is 257 g/mol. The molecule has 0 unspecified atom stereocenters. The highest BCUT2D eigenvalue weighted by atomic mass is 35.5. The molecule has 0 bridgehead atoms. The minimum absolute atomic E-state index is 0.124. The zero-order chi connectivity index (χ0) is 12.0. The molecule has 0 fully saturated rings. The summed E-state index contributed by atoms with van der Waals surface area (Å²) >= 11 is 7.10. The Hall–Kier alpha value is -0.930. The van der Waals surface area contributed by atoms with Gasteiger partial charge in [-0.15, -0.1) is 0 Å². The molecule has 0 aliphatic heterocycles. The van der Waals surface area contributed by atoms with Crippen LogP contribution in [0.2, 0.25) is 5.02 Å². The van der Waals surface area contributed by atoms with E-state index in [0.29, 0.717) is 10.6 Å². The second-order valence-electron chi connectivity index (χ2n) is 3.23. The Morgan fingerprint density at radius 3 is 3.00 bits per heavy atom. The number of hydrogen-bond acceptors (Lipinski definition) is 3. The highest BCUT2D eigenvalue weighted by Gasteiger charge is 1.97. The molecule has 0 spiro atoms. The van der Waals surface area contributed by atoms with Gasteiger partial charge in [0.1, 0.15) is 5.75 Å². The summed E-state index contributed by atoms with van der Waals surface area (Å²) in [6.07, 6.45) is 4.51. The van der Waals surface area contributed by atoms with Crippen molar-refractivity contribution in [1.29, 1.82) is 0 Å². The van der Waals surface area contributed by atoms with Gasteiger partial charge >= 0.3 is 0 Å². The summed E-state index contributed by atoms with van der Waals surface area (Å²) in [5.74, 6) is 0.965. The van der Waals surface area contributed by atoms with Crippen molar-refractivity contribution in [1.82, 2.24) is 0 Å². The monoisotopic (exact) mass is 256 g/mol. The number of aromatic hydroxyl groups is 1. The number of thioether (sulfide) groups is 1. The Bertz CT molecular complexity index is 402. The lowest BCUT2D eigenvalue weighted by Gasteiger charge is -1.99. The normalized spacial score (nSPS) is 10.9. The van der Waals surface area contributed by atoms with Crippen LogP contribution in [-0.4, -0.2) is 16.0 Å². The zero-order valence-electron chi connectivity index (χ0n) is 8.94. The van der Waals surface area contributed by atoms with E-state index in [-0.39, 0.29) is 10.9 Å². The minimum atomic E-state index is 0.124. The Morgan fingerprint density at radius 2 is 2.31 bits per heavy atom. The van der Waals surface area contributed by atoms with E-state index in [0.717, 1.165) is 12.2 Å². The molecule has 0 saturated carbocycles. The Balaban J connectivity index is 2.49. The van der Waals surface area contributed by atoms with Crippen molar-refractivity contribution in [3.8, 4) is 5.75 Å². The average Bonchev–Trinajstić information content (AvgIpc) is 2.22. The topological polar surface area (TPSA) is 37.3 Å². The molecule has 0 heterocycles. The lowest BCUT2D eigenvalue weighted by atomic mass is 10.2. The number of carbonyl (C=O) groups is 1. The maximum atomic E-state index is 10.7. The van der Waals surface area contributed by atoms with E-state index in [1.54, 1.807) is 25.1 Å². The van der Waals surface area contributed by atoms with Crippen LogP contribution in [0.5, 0.6) is 5.75 Å².